The molecule has 0 aliphatic carbocycles. The number of amides is 2. The lowest BCUT2D eigenvalue weighted by Crippen LogP contribution is -2.52. The molecular formula is C28H29ClF2N2O2S. The van der Waals surface area contributed by atoms with Crippen LogP contribution in [0.15, 0.2) is 72.8 Å². The number of nitrogens with one attached hydrogen (secondary N) is 1. The van der Waals surface area contributed by atoms with Gasteiger partial charge in [0, 0.05) is 35.3 Å². The molecule has 0 unspecified atom stereocenters. The number of thioether (sulfide) groups is 1. The Labute approximate surface area is 220 Å². The van der Waals surface area contributed by atoms with Crippen LogP contribution < -0.4 is 5.32 Å². The first-order valence-corrected chi connectivity index (χ1v) is 13.2. The molecule has 0 heterocycles. The quantitative estimate of drug-likeness (QED) is 0.330. The number of carbonyl (C=O) groups is 2. The van der Waals surface area contributed by atoms with Gasteiger partial charge in [0.1, 0.15) is 17.7 Å². The highest BCUT2D eigenvalue weighted by Gasteiger charge is 2.30. The van der Waals surface area contributed by atoms with Gasteiger partial charge in [0.2, 0.25) is 11.8 Å². The molecule has 0 radical (unpaired) electrons. The van der Waals surface area contributed by atoms with Crippen molar-refractivity contribution in [3.63, 3.8) is 0 Å². The van der Waals surface area contributed by atoms with Gasteiger partial charge in [-0.2, -0.15) is 0 Å². The van der Waals surface area contributed by atoms with Crippen molar-refractivity contribution in [1.82, 2.24) is 10.2 Å². The topological polar surface area (TPSA) is 49.4 Å². The van der Waals surface area contributed by atoms with Gasteiger partial charge < -0.3 is 10.2 Å². The summed E-state index contributed by atoms with van der Waals surface area (Å²) in [6.07, 6.45) is 0.316. The third-order valence-corrected chi connectivity index (χ3v) is 6.80. The molecule has 4 nitrogen and oxygen atoms in total. The van der Waals surface area contributed by atoms with Crippen molar-refractivity contribution in [1.29, 1.82) is 0 Å². The van der Waals surface area contributed by atoms with Gasteiger partial charge >= 0.3 is 0 Å². The molecule has 1 N–H and O–H groups in total. The Bertz CT molecular complexity index is 1140. The van der Waals surface area contributed by atoms with E-state index in [4.69, 9.17) is 11.6 Å². The van der Waals surface area contributed by atoms with E-state index in [1.54, 1.807) is 18.2 Å². The second-order valence-corrected chi connectivity index (χ2v) is 10.1. The SMILES string of the molecule is CC(C)NC(=O)[C@H](Cc1ccccc1)N(Cc1ccc(F)cc1)C(=O)CSCc1c(F)cccc1Cl. The standard InChI is InChI=1S/C28H29ClF2N2O2S/c1-19(2)32-28(35)26(15-20-7-4-3-5-8-20)33(16-21-11-13-22(30)14-12-21)27(34)18-36-17-23-24(29)9-6-10-25(23)31/h3-14,19,26H,15-18H2,1-2H3,(H,32,35)/t26-/m0/s1. The van der Waals surface area contributed by atoms with Gasteiger partial charge in [-0.05, 0) is 49.2 Å². The molecule has 190 valence electrons. The fraction of sp³-hybridized carbons (Fsp3) is 0.286. The zero-order valence-corrected chi connectivity index (χ0v) is 21.8. The van der Waals surface area contributed by atoms with Crippen LogP contribution in [0.2, 0.25) is 5.02 Å². The van der Waals surface area contributed by atoms with Crippen molar-refractivity contribution in [2.45, 2.75) is 44.6 Å². The zero-order chi connectivity index (χ0) is 26.1. The number of hydrogen-bond acceptors (Lipinski definition) is 3. The molecule has 0 aliphatic rings. The number of hydrogen-bond donors (Lipinski definition) is 1. The first-order valence-electron chi connectivity index (χ1n) is 11.6. The smallest absolute Gasteiger partial charge is 0.243 e. The van der Waals surface area contributed by atoms with Gasteiger partial charge in [0.05, 0.1) is 5.75 Å². The van der Waals surface area contributed by atoms with E-state index in [2.05, 4.69) is 5.32 Å². The fourth-order valence-corrected chi connectivity index (χ4v) is 4.96. The molecule has 0 spiro atoms. The molecule has 3 aromatic carbocycles. The maximum atomic E-state index is 14.2. The van der Waals surface area contributed by atoms with Crippen molar-refractivity contribution in [3.05, 3.63) is 106 Å². The molecule has 0 aromatic heterocycles. The van der Waals surface area contributed by atoms with Gasteiger partial charge in [-0.15, -0.1) is 11.8 Å². The number of nitrogens with zero attached hydrogens (tertiary/aromatic N) is 1. The van der Waals surface area contributed by atoms with E-state index in [1.807, 2.05) is 44.2 Å². The number of benzene rings is 3. The van der Waals surface area contributed by atoms with E-state index in [0.29, 0.717) is 22.6 Å². The van der Waals surface area contributed by atoms with Crippen LogP contribution in [-0.2, 0) is 28.3 Å². The van der Waals surface area contributed by atoms with E-state index >= 15 is 0 Å². The second-order valence-electron chi connectivity index (χ2n) is 8.71. The summed E-state index contributed by atoms with van der Waals surface area (Å²) in [5.41, 5.74) is 1.94. The Morgan fingerprint density at radius 1 is 0.944 bits per heavy atom. The molecule has 3 rings (SSSR count). The summed E-state index contributed by atoms with van der Waals surface area (Å²) in [6.45, 7) is 3.85. The summed E-state index contributed by atoms with van der Waals surface area (Å²) in [6, 6.07) is 18.9. The van der Waals surface area contributed by atoms with E-state index in [0.717, 1.165) is 5.56 Å². The Morgan fingerprint density at radius 2 is 1.64 bits per heavy atom. The molecule has 36 heavy (non-hydrogen) atoms. The lowest BCUT2D eigenvalue weighted by Gasteiger charge is -2.32. The molecule has 8 heteroatoms. The minimum Gasteiger partial charge on any atom is -0.352 e. The van der Waals surface area contributed by atoms with Crippen LogP contribution in [0.4, 0.5) is 8.78 Å². The lowest BCUT2D eigenvalue weighted by atomic mass is 10.0. The third kappa shape index (κ3) is 8.07. The van der Waals surface area contributed by atoms with Crippen LogP contribution in [0, 0.1) is 11.6 Å². The first-order chi connectivity index (χ1) is 17.2. The summed E-state index contributed by atoms with van der Waals surface area (Å²) in [5, 5.41) is 3.23. The van der Waals surface area contributed by atoms with E-state index in [9.17, 15) is 18.4 Å². The van der Waals surface area contributed by atoms with Crippen LogP contribution >= 0.6 is 23.4 Å². The molecule has 2 amide bonds. The van der Waals surface area contributed by atoms with Crippen LogP contribution in [0.1, 0.15) is 30.5 Å². The fourth-order valence-electron chi connectivity index (χ4n) is 3.71. The lowest BCUT2D eigenvalue weighted by molar-refractivity contribution is -0.139. The minimum absolute atomic E-state index is 0.0199. The maximum Gasteiger partial charge on any atom is 0.243 e. The molecule has 3 aromatic rings. The molecule has 0 saturated carbocycles. The Balaban J connectivity index is 1.86. The summed E-state index contributed by atoms with van der Waals surface area (Å²) < 4.78 is 27.7. The highest BCUT2D eigenvalue weighted by molar-refractivity contribution is 7.99. The molecular weight excluding hydrogens is 502 g/mol. The second kappa shape index (κ2) is 13.4. The van der Waals surface area contributed by atoms with Crippen LogP contribution in [0.25, 0.3) is 0 Å². The third-order valence-electron chi connectivity index (χ3n) is 5.50. The number of halogens is 3. The van der Waals surface area contributed by atoms with Crippen LogP contribution in [0.3, 0.4) is 0 Å². The summed E-state index contributed by atoms with van der Waals surface area (Å²) in [5.74, 6) is -1.13. The summed E-state index contributed by atoms with van der Waals surface area (Å²) in [4.78, 5) is 28.3. The molecule has 0 aliphatic heterocycles. The Kier molecular flexibility index (Phi) is 10.3. The van der Waals surface area contributed by atoms with Gasteiger partial charge in [0.25, 0.3) is 0 Å². The highest BCUT2D eigenvalue weighted by Crippen LogP contribution is 2.25. The average Bonchev–Trinajstić information content (AvgIpc) is 2.84. The van der Waals surface area contributed by atoms with Crippen LogP contribution in [0.5, 0.6) is 0 Å². The Morgan fingerprint density at radius 3 is 2.28 bits per heavy atom. The monoisotopic (exact) mass is 530 g/mol. The predicted molar refractivity (Wildman–Crippen MR) is 142 cm³/mol. The summed E-state index contributed by atoms with van der Waals surface area (Å²) in [7, 11) is 0. The van der Waals surface area contributed by atoms with Crippen molar-refractivity contribution < 1.29 is 18.4 Å². The largest absolute Gasteiger partial charge is 0.352 e. The predicted octanol–water partition coefficient (Wildman–Crippen LogP) is 6.02. The van der Waals surface area contributed by atoms with E-state index in [1.165, 1.54) is 40.9 Å². The number of carbonyl (C=O) groups excluding carboxylic acids is 2. The van der Waals surface area contributed by atoms with Crippen molar-refractivity contribution in [2.75, 3.05) is 5.75 Å². The van der Waals surface area contributed by atoms with Crippen molar-refractivity contribution >= 4 is 35.2 Å². The van der Waals surface area contributed by atoms with Gasteiger partial charge in [-0.25, -0.2) is 8.78 Å². The zero-order valence-electron chi connectivity index (χ0n) is 20.2. The average molecular weight is 531 g/mol. The number of rotatable bonds is 11. The Hall–Kier alpha value is -2.90. The maximum absolute atomic E-state index is 14.2. The summed E-state index contributed by atoms with van der Waals surface area (Å²) >= 11 is 7.35. The normalized spacial score (nSPS) is 11.8. The van der Waals surface area contributed by atoms with E-state index in [-0.39, 0.29) is 41.7 Å². The van der Waals surface area contributed by atoms with Crippen LogP contribution in [-0.4, -0.2) is 34.6 Å². The minimum atomic E-state index is -0.787. The highest BCUT2D eigenvalue weighted by atomic mass is 35.5. The van der Waals surface area contributed by atoms with Crippen molar-refractivity contribution in [2.24, 2.45) is 0 Å². The van der Waals surface area contributed by atoms with Crippen molar-refractivity contribution in [3.8, 4) is 0 Å². The van der Waals surface area contributed by atoms with Gasteiger partial charge in [0.15, 0.2) is 0 Å². The molecule has 0 saturated heterocycles. The molecule has 1 atom stereocenters. The first kappa shape index (κ1) is 27.7. The van der Waals surface area contributed by atoms with Gasteiger partial charge in [-0.1, -0.05) is 60.1 Å². The molecule has 0 bridgehead atoms. The molecule has 0 fully saturated rings. The van der Waals surface area contributed by atoms with Gasteiger partial charge in [-0.3, -0.25) is 9.59 Å². The van der Waals surface area contributed by atoms with E-state index < -0.39 is 11.9 Å².